The predicted molar refractivity (Wildman–Crippen MR) is 75.2 cm³/mol. The Kier molecular flexibility index (Phi) is 3.29. The fraction of sp³-hybridized carbons (Fsp3) is 0.267. The van der Waals surface area contributed by atoms with Gasteiger partial charge in [0, 0.05) is 23.6 Å². The van der Waals surface area contributed by atoms with Crippen molar-refractivity contribution in [2.45, 2.75) is 18.9 Å². The number of Topliss-reactive ketones (excluding diaryl/α,β-unsaturated/α-hetero) is 1. The molecule has 4 heteroatoms. The second-order valence-corrected chi connectivity index (χ2v) is 5.50. The van der Waals surface area contributed by atoms with E-state index in [4.69, 9.17) is 9.15 Å². The molecule has 2 aromatic rings. The van der Waals surface area contributed by atoms with E-state index >= 15 is 0 Å². The first kappa shape index (κ1) is 12.6. The summed E-state index contributed by atoms with van der Waals surface area (Å²) in [6, 6.07) is 9.65. The van der Waals surface area contributed by atoms with Gasteiger partial charge in [-0.15, -0.1) is 0 Å². The fourth-order valence-corrected chi connectivity index (χ4v) is 2.64. The van der Waals surface area contributed by atoms with Crippen molar-refractivity contribution in [1.29, 1.82) is 0 Å². The Labute approximate surface area is 119 Å². The van der Waals surface area contributed by atoms with E-state index in [-0.39, 0.29) is 11.9 Å². The lowest BCUT2D eigenvalue weighted by Crippen LogP contribution is -2.14. The molecule has 19 heavy (non-hydrogen) atoms. The normalized spacial score (nSPS) is 18.4. The van der Waals surface area contributed by atoms with Crippen LogP contribution in [0.3, 0.4) is 0 Å². The fourth-order valence-electron chi connectivity index (χ4n) is 2.37. The zero-order valence-electron chi connectivity index (χ0n) is 10.5. The molecule has 0 aliphatic heterocycles. The highest BCUT2D eigenvalue weighted by molar-refractivity contribution is 9.10. The summed E-state index contributed by atoms with van der Waals surface area (Å²) in [7, 11) is 1.64. The SMILES string of the molecule is COC1CCC(=O)c2cc(-c3ccc(Br)cc3)oc21. The molecule has 1 aromatic heterocycles. The second kappa shape index (κ2) is 4.94. The van der Waals surface area contributed by atoms with Gasteiger partial charge in [-0.25, -0.2) is 0 Å². The second-order valence-electron chi connectivity index (χ2n) is 4.58. The molecule has 0 fully saturated rings. The number of furan rings is 1. The van der Waals surface area contributed by atoms with Gasteiger partial charge in [0.2, 0.25) is 0 Å². The molecule has 3 rings (SSSR count). The first-order chi connectivity index (χ1) is 9.19. The topological polar surface area (TPSA) is 39.4 Å². The minimum Gasteiger partial charge on any atom is -0.458 e. The highest BCUT2D eigenvalue weighted by Gasteiger charge is 2.30. The van der Waals surface area contributed by atoms with Gasteiger partial charge in [0.05, 0.1) is 5.56 Å². The zero-order valence-corrected chi connectivity index (χ0v) is 12.1. The highest BCUT2D eigenvalue weighted by atomic mass is 79.9. The Morgan fingerprint density at radius 3 is 2.74 bits per heavy atom. The van der Waals surface area contributed by atoms with Crippen LogP contribution in [0.2, 0.25) is 0 Å². The lowest BCUT2D eigenvalue weighted by atomic mass is 9.94. The lowest BCUT2D eigenvalue weighted by molar-refractivity contribution is 0.0616. The van der Waals surface area contributed by atoms with Crippen molar-refractivity contribution < 1.29 is 13.9 Å². The molecule has 1 unspecified atom stereocenters. The molecule has 3 nitrogen and oxygen atoms in total. The molecule has 0 spiro atoms. The minimum absolute atomic E-state index is 0.114. The van der Waals surface area contributed by atoms with Crippen LogP contribution in [0.1, 0.15) is 35.1 Å². The number of halogens is 1. The number of methoxy groups -OCH3 is 1. The molecule has 1 aliphatic rings. The summed E-state index contributed by atoms with van der Waals surface area (Å²) in [4.78, 5) is 11.9. The van der Waals surface area contributed by atoms with Crippen molar-refractivity contribution in [2.24, 2.45) is 0 Å². The molecule has 1 aliphatic carbocycles. The van der Waals surface area contributed by atoms with E-state index in [1.807, 2.05) is 30.3 Å². The summed E-state index contributed by atoms with van der Waals surface area (Å²) in [6.07, 6.45) is 1.09. The predicted octanol–water partition coefficient (Wildman–Crippen LogP) is 4.37. The van der Waals surface area contributed by atoms with Gasteiger partial charge < -0.3 is 9.15 Å². The average molecular weight is 321 g/mol. The maximum Gasteiger partial charge on any atom is 0.166 e. The van der Waals surface area contributed by atoms with Gasteiger partial charge >= 0.3 is 0 Å². The van der Waals surface area contributed by atoms with Gasteiger partial charge in [0.1, 0.15) is 17.6 Å². The van der Waals surface area contributed by atoms with Crippen molar-refractivity contribution >= 4 is 21.7 Å². The number of carbonyl (C=O) groups is 1. The molecule has 0 N–H and O–H groups in total. The Morgan fingerprint density at radius 1 is 1.32 bits per heavy atom. The minimum atomic E-state index is -0.114. The van der Waals surface area contributed by atoms with Gasteiger partial charge in [-0.1, -0.05) is 28.1 Å². The van der Waals surface area contributed by atoms with Crippen LogP contribution in [0, 0.1) is 0 Å². The van der Waals surface area contributed by atoms with Crippen LogP contribution in [-0.2, 0) is 4.74 Å². The van der Waals surface area contributed by atoms with E-state index in [1.54, 1.807) is 7.11 Å². The largest absolute Gasteiger partial charge is 0.458 e. The Morgan fingerprint density at radius 2 is 2.05 bits per heavy atom. The van der Waals surface area contributed by atoms with Crippen molar-refractivity contribution in [3.8, 4) is 11.3 Å². The summed E-state index contributed by atoms with van der Waals surface area (Å²) >= 11 is 3.40. The molecule has 0 saturated heterocycles. The standard InChI is InChI=1S/C15H13BrO3/c1-18-13-7-6-12(17)11-8-14(19-15(11)13)9-2-4-10(16)5-3-9/h2-5,8,13H,6-7H2,1H3. The molecule has 0 amide bonds. The van der Waals surface area contributed by atoms with E-state index in [2.05, 4.69) is 15.9 Å². The maximum atomic E-state index is 11.9. The number of benzene rings is 1. The van der Waals surface area contributed by atoms with Gasteiger partial charge in [-0.2, -0.15) is 0 Å². The number of carbonyl (C=O) groups excluding carboxylic acids is 1. The molecule has 98 valence electrons. The van der Waals surface area contributed by atoms with Crippen molar-refractivity contribution in [3.05, 3.63) is 46.1 Å². The zero-order chi connectivity index (χ0) is 13.4. The first-order valence-electron chi connectivity index (χ1n) is 6.14. The van der Waals surface area contributed by atoms with Crippen LogP contribution in [-0.4, -0.2) is 12.9 Å². The van der Waals surface area contributed by atoms with Gasteiger partial charge in [-0.05, 0) is 24.6 Å². The van der Waals surface area contributed by atoms with E-state index < -0.39 is 0 Å². The number of ether oxygens (including phenoxy) is 1. The van der Waals surface area contributed by atoms with Crippen molar-refractivity contribution in [2.75, 3.05) is 7.11 Å². The van der Waals surface area contributed by atoms with Crippen molar-refractivity contribution in [3.63, 3.8) is 0 Å². The summed E-state index contributed by atoms with van der Waals surface area (Å²) in [6.45, 7) is 0. The molecule has 1 atom stereocenters. The summed E-state index contributed by atoms with van der Waals surface area (Å²) < 4.78 is 12.2. The number of hydrogen-bond donors (Lipinski definition) is 0. The number of ketones is 1. The third kappa shape index (κ3) is 2.26. The van der Waals surface area contributed by atoms with Gasteiger partial charge in [0.25, 0.3) is 0 Å². The smallest absolute Gasteiger partial charge is 0.166 e. The summed E-state index contributed by atoms with van der Waals surface area (Å²) in [5.74, 6) is 1.52. The highest BCUT2D eigenvalue weighted by Crippen LogP contribution is 2.37. The molecule has 0 bridgehead atoms. The van der Waals surface area contributed by atoms with Crippen molar-refractivity contribution in [1.82, 2.24) is 0 Å². The van der Waals surface area contributed by atoms with E-state index in [1.165, 1.54) is 0 Å². The Hall–Kier alpha value is -1.39. The quantitative estimate of drug-likeness (QED) is 0.824. The molecular formula is C15H13BrO3. The first-order valence-corrected chi connectivity index (χ1v) is 6.94. The van der Waals surface area contributed by atoms with Gasteiger partial charge in [-0.3, -0.25) is 4.79 Å². The molecular weight excluding hydrogens is 308 g/mol. The van der Waals surface area contributed by atoms with E-state index in [0.29, 0.717) is 24.2 Å². The van der Waals surface area contributed by atoms with Crippen LogP contribution < -0.4 is 0 Å². The Bertz CT molecular complexity index is 613. The third-order valence-electron chi connectivity index (χ3n) is 3.40. The monoisotopic (exact) mass is 320 g/mol. The molecule has 1 heterocycles. The van der Waals surface area contributed by atoms with Gasteiger partial charge in [0.15, 0.2) is 5.78 Å². The van der Waals surface area contributed by atoms with Crippen LogP contribution in [0.15, 0.2) is 39.2 Å². The van der Waals surface area contributed by atoms with E-state index in [0.717, 1.165) is 15.8 Å². The van der Waals surface area contributed by atoms with Crippen LogP contribution >= 0.6 is 15.9 Å². The molecule has 0 saturated carbocycles. The Balaban J connectivity index is 2.05. The molecule has 1 aromatic carbocycles. The summed E-state index contributed by atoms with van der Waals surface area (Å²) in [5, 5.41) is 0. The number of rotatable bonds is 2. The summed E-state index contributed by atoms with van der Waals surface area (Å²) in [5.41, 5.74) is 1.62. The number of fused-ring (bicyclic) bond motifs is 1. The third-order valence-corrected chi connectivity index (χ3v) is 3.93. The van der Waals surface area contributed by atoms with Crippen LogP contribution in [0.5, 0.6) is 0 Å². The van der Waals surface area contributed by atoms with Crippen LogP contribution in [0.4, 0.5) is 0 Å². The number of hydrogen-bond acceptors (Lipinski definition) is 3. The lowest BCUT2D eigenvalue weighted by Gasteiger charge is -2.18. The maximum absolute atomic E-state index is 11.9. The van der Waals surface area contributed by atoms with Crippen LogP contribution in [0.25, 0.3) is 11.3 Å². The van der Waals surface area contributed by atoms with E-state index in [9.17, 15) is 4.79 Å². The average Bonchev–Trinajstić information content (AvgIpc) is 2.86. The molecule has 0 radical (unpaired) electrons.